The summed E-state index contributed by atoms with van der Waals surface area (Å²) in [5, 5.41) is 1.12. The van der Waals surface area contributed by atoms with Gasteiger partial charge < -0.3 is 15.5 Å². The van der Waals surface area contributed by atoms with Gasteiger partial charge in [-0.3, -0.25) is 9.36 Å². The van der Waals surface area contributed by atoms with Gasteiger partial charge in [-0.1, -0.05) is 30.3 Å². The van der Waals surface area contributed by atoms with Crippen LogP contribution < -0.4 is 16.1 Å². The van der Waals surface area contributed by atoms with Crippen LogP contribution in [0.25, 0.3) is 21.8 Å². The average molecular weight is 398 g/mol. The van der Waals surface area contributed by atoms with E-state index in [1.807, 2.05) is 65.6 Å². The number of hydrogen-bond donors (Lipinski definition) is 1. The molecule has 1 aliphatic heterocycles. The highest BCUT2D eigenvalue weighted by Gasteiger charge is 2.25. The van der Waals surface area contributed by atoms with Gasteiger partial charge in [-0.2, -0.15) is 0 Å². The number of nitrogens with two attached hydrogens (primary N) is 1. The van der Waals surface area contributed by atoms with Gasteiger partial charge in [-0.15, -0.1) is 0 Å². The summed E-state index contributed by atoms with van der Waals surface area (Å²) in [6, 6.07) is 22.3. The third-order valence-corrected chi connectivity index (χ3v) is 5.76. The number of carbonyl (C=O) groups is 1. The Labute approximate surface area is 173 Å². The van der Waals surface area contributed by atoms with Crippen LogP contribution in [0.4, 0.5) is 16.2 Å². The van der Waals surface area contributed by atoms with E-state index in [0.29, 0.717) is 34.9 Å². The van der Waals surface area contributed by atoms with Gasteiger partial charge in [0.1, 0.15) is 0 Å². The van der Waals surface area contributed by atoms with Crippen molar-refractivity contribution in [3.63, 3.8) is 0 Å². The van der Waals surface area contributed by atoms with Crippen LogP contribution >= 0.6 is 0 Å². The smallest absolute Gasteiger partial charge is 0.329 e. The minimum Gasteiger partial charge on any atom is -0.399 e. The maximum absolute atomic E-state index is 13.6. The Morgan fingerprint density at radius 1 is 0.767 bits per heavy atom. The zero-order chi connectivity index (χ0) is 20.7. The maximum Gasteiger partial charge on any atom is 0.329 e. The van der Waals surface area contributed by atoms with Gasteiger partial charge >= 0.3 is 6.03 Å². The molecule has 0 aliphatic carbocycles. The highest BCUT2D eigenvalue weighted by Crippen LogP contribution is 2.22. The molecule has 1 saturated heterocycles. The number of carbonyl (C=O) groups excluding carboxylic acids is 1. The molecule has 2 heterocycles. The SMILES string of the molecule is Nc1cccc(N2CCN(C(=O)n3c4ccccc4c(=O)c4ccccc43)CC2)c1. The second kappa shape index (κ2) is 7.22. The number of fused-ring (bicyclic) bond motifs is 2. The number of nitrogens with zero attached hydrogens (tertiary/aromatic N) is 3. The molecule has 0 radical (unpaired) electrons. The fourth-order valence-electron chi connectivity index (χ4n) is 4.22. The van der Waals surface area contributed by atoms with Crippen LogP contribution in [0, 0.1) is 0 Å². The van der Waals surface area contributed by atoms with Gasteiger partial charge in [0, 0.05) is 48.3 Å². The van der Waals surface area contributed by atoms with E-state index in [0.717, 1.165) is 24.5 Å². The first-order chi connectivity index (χ1) is 14.6. The van der Waals surface area contributed by atoms with Crippen LogP contribution in [0.3, 0.4) is 0 Å². The number of nitrogen functional groups attached to an aromatic ring is 1. The standard InChI is InChI=1S/C24H22N4O2/c25-17-6-5-7-18(16-17)26-12-14-27(15-13-26)24(30)28-21-10-3-1-8-19(21)23(29)20-9-2-4-11-22(20)28/h1-11,16H,12-15,25H2. The number of pyridine rings is 1. The molecular weight excluding hydrogens is 376 g/mol. The number of rotatable bonds is 1. The molecule has 1 fully saturated rings. The van der Waals surface area contributed by atoms with E-state index < -0.39 is 0 Å². The van der Waals surface area contributed by atoms with Crippen molar-refractivity contribution in [2.45, 2.75) is 0 Å². The Morgan fingerprint density at radius 2 is 1.37 bits per heavy atom. The predicted molar refractivity (Wildman–Crippen MR) is 121 cm³/mol. The van der Waals surface area contributed by atoms with E-state index in [4.69, 9.17) is 5.73 Å². The third-order valence-electron chi connectivity index (χ3n) is 5.76. The molecule has 1 amide bonds. The third kappa shape index (κ3) is 2.97. The lowest BCUT2D eigenvalue weighted by Crippen LogP contribution is -2.50. The molecule has 0 bridgehead atoms. The molecule has 5 rings (SSSR count). The molecule has 6 heteroatoms. The van der Waals surface area contributed by atoms with Crippen LogP contribution in [0.5, 0.6) is 0 Å². The van der Waals surface area contributed by atoms with Crippen molar-refractivity contribution < 1.29 is 4.79 Å². The Bertz CT molecular complexity index is 1260. The molecule has 3 aromatic carbocycles. The monoisotopic (exact) mass is 398 g/mol. The van der Waals surface area contributed by atoms with E-state index in [2.05, 4.69) is 4.90 Å². The number of benzene rings is 3. The lowest BCUT2D eigenvalue weighted by atomic mass is 10.1. The first kappa shape index (κ1) is 18.2. The van der Waals surface area contributed by atoms with Gasteiger partial charge in [0.2, 0.25) is 0 Å². The highest BCUT2D eigenvalue weighted by molar-refractivity contribution is 6.02. The van der Waals surface area contributed by atoms with Crippen molar-refractivity contribution in [3.8, 4) is 0 Å². The second-order valence-corrected chi connectivity index (χ2v) is 7.55. The summed E-state index contributed by atoms with van der Waals surface area (Å²) in [6.07, 6.45) is 0. The molecule has 30 heavy (non-hydrogen) atoms. The Morgan fingerprint density at radius 3 is 1.97 bits per heavy atom. The molecule has 0 unspecified atom stereocenters. The molecule has 0 saturated carbocycles. The van der Waals surface area contributed by atoms with Gasteiger partial charge in [0.05, 0.1) is 11.0 Å². The van der Waals surface area contributed by atoms with Crippen molar-refractivity contribution in [1.82, 2.24) is 9.47 Å². The number of hydrogen-bond acceptors (Lipinski definition) is 4. The summed E-state index contributed by atoms with van der Waals surface area (Å²) in [6.45, 7) is 2.65. The summed E-state index contributed by atoms with van der Waals surface area (Å²) in [5.74, 6) is 0. The first-order valence-corrected chi connectivity index (χ1v) is 10.1. The van der Waals surface area contributed by atoms with E-state index in [9.17, 15) is 9.59 Å². The first-order valence-electron chi connectivity index (χ1n) is 10.1. The molecule has 4 aromatic rings. The van der Waals surface area contributed by atoms with E-state index >= 15 is 0 Å². The molecule has 1 aromatic heterocycles. The highest BCUT2D eigenvalue weighted by atomic mass is 16.2. The number of para-hydroxylation sites is 2. The van der Waals surface area contributed by atoms with Crippen molar-refractivity contribution in [2.75, 3.05) is 36.8 Å². The number of aromatic nitrogens is 1. The van der Waals surface area contributed by atoms with Crippen LogP contribution in [-0.4, -0.2) is 41.7 Å². The second-order valence-electron chi connectivity index (χ2n) is 7.55. The number of amides is 1. The minimum atomic E-state index is -0.102. The largest absolute Gasteiger partial charge is 0.399 e. The van der Waals surface area contributed by atoms with Crippen LogP contribution in [0.1, 0.15) is 0 Å². The fraction of sp³-hybridized carbons (Fsp3) is 0.167. The van der Waals surface area contributed by atoms with Crippen molar-refractivity contribution in [3.05, 3.63) is 83.0 Å². The zero-order valence-corrected chi connectivity index (χ0v) is 16.5. The van der Waals surface area contributed by atoms with Crippen molar-refractivity contribution in [1.29, 1.82) is 0 Å². The van der Waals surface area contributed by atoms with Crippen LogP contribution in [0.15, 0.2) is 77.6 Å². The van der Waals surface area contributed by atoms with Crippen LogP contribution in [-0.2, 0) is 0 Å². The van der Waals surface area contributed by atoms with Crippen LogP contribution in [0.2, 0.25) is 0 Å². The van der Waals surface area contributed by atoms with Gasteiger partial charge in [-0.25, -0.2) is 4.79 Å². The zero-order valence-electron chi connectivity index (χ0n) is 16.5. The topological polar surface area (TPSA) is 71.6 Å². The maximum atomic E-state index is 13.6. The molecule has 0 atom stereocenters. The molecule has 150 valence electrons. The normalized spacial score (nSPS) is 14.4. The average Bonchev–Trinajstić information content (AvgIpc) is 2.79. The van der Waals surface area contributed by atoms with Crippen molar-refractivity contribution >= 4 is 39.2 Å². The summed E-state index contributed by atoms with van der Waals surface area (Å²) in [7, 11) is 0. The molecule has 2 N–H and O–H groups in total. The predicted octanol–water partition coefficient (Wildman–Crippen LogP) is 3.53. The summed E-state index contributed by atoms with van der Waals surface area (Å²) in [4.78, 5) is 30.6. The van der Waals surface area contributed by atoms with E-state index in [1.165, 1.54) is 0 Å². The summed E-state index contributed by atoms with van der Waals surface area (Å²) >= 11 is 0. The van der Waals surface area contributed by atoms with Crippen molar-refractivity contribution in [2.24, 2.45) is 0 Å². The Kier molecular flexibility index (Phi) is 4.39. The summed E-state index contributed by atoms with van der Waals surface area (Å²) in [5.41, 5.74) is 8.96. The van der Waals surface area contributed by atoms with E-state index in [-0.39, 0.29) is 11.5 Å². The Balaban J connectivity index is 1.51. The quantitative estimate of drug-likeness (QED) is 0.393. The minimum absolute atomic E-state index is 0.0447. The fourth-order valence-corrected chi connectivity index (χ4v) is 4.22. The van der Waals surface area contributed by atoms with Gasteiger partial charge in [0.15, 0.2) is 5.43 Å². The molecular formula is C24H22N4O2. The number of piperazine rings is 1. The Hall–Kier alpha value is -3.80. The molecule has 6 nitrogen and oxygen atoms in total. The molecule has 1 aliphatic rings. The lowest BCUT2D eigenvalue weighted by molar-refractivity contribution is 0.198. The van der Waals surface area contributed by atoms with E-state index in [1.54, 1.807) is 16.7 Å². The van der Waals surface area contributed by atoms with Gasteiger partial charge in [0.25, 0.3) is 0 Å². The van der Waals surface area contributed by atoms with Gasteiger partial charge in [-0.05, 0) is 42.5 Å². The summed E-state index contributed by atoms with van der Waals surface area (Å²) < 4.78 is 1.68. The molecule has 0 spiro atoms. The lowest BCUT2D eigenvalue weighted by Gasteiger charge is -2.36. The number of anilines is 2.